The molecule has 1 saturated heterocycles. The number of nitrogens with one attached hydrogen (secondary N) is 1. The van der Waals surface area contributed by atoms with E-state index >= 15 is 0 Å². The molecule has 0 bridgehead atoms. The van der Waals surface area contributed by atoms with Gasteiger partial charge in [0.05, 0.1) is 12.0 Å². The molecule has 0 aromatic heterocycles. The monoisotopic (exact) mass is 425 g/mol. The van der Waals surface area contributed by atoms with Gasteiger partial charge in [0, 0.05) is 45.2 Å². The summed E-state index contributed by atoms with van der Waals surface area (Å²) in [5, 5.41) is 3.05. The molecule has 1 aromatic rings. The van der Waals surface area contributed by atoms with Crippen LogP contribution in [0.2, 0.25) is 0 Å². The third kappa shape index (κ3) is 6.69. The van der Waals surface area contributed by atoms with Crippen molar-refractivity contribution in [1.82, 2.24) is 14.5 Å². The van der Waals surface area contributed by atoms with E-state index in [9.17, 15) is 13.2 Å². The van der Waals surface area contributed by atoms with E-state index < -0.39 is 10.0 Å². The van der Waals surface area contributed by atoms with Gasteiger partial charge in [-0.3, -0.25) is 9.69 Å². The Morgan fingerprint density at radius 1 is 1.07 bits per heavy atom. The number of benzene rings is 1. The van der Waals surface area contributed by atoms with Gasteiger partial charge in [0.25, 0.3) is 0 Å². The highest BCUT2D eigenvalue weighted by atomic mass is 32.2. The summed E-state index contributed by atoms with van der Waals surface area (Å²) in [6.07, 6.45) is 3.90. The number of carbonyl (C=O) groups is 1. The number of ether oxygens (including phenoxy) is 1. The lowest BCUT2D eigenvalue weighted by Crippen LogP contribution is -2.50. The third-order valence-corrected chi connectivity index (χ3v) is 7.31. The van der Waals surface area contributed by atoms with E-state index in [1.807, 2.05) is 0 Å². The van der Waals surface area contributed by atoms with Gasteiger partial charge in [-0.2, -0.15) is 4.31 Å². The molecule has 2 rings (SSSR count). The van der Waals surface area contributed by atoms with Gasteiger partial charge >= 0.3 is 0 Å². The summed E-state index contributed by atoms with van der Waals surface area (Å²) in [5.41, 5.74) is 0. The van der Waals surface area contributed by atoms with Crippen molar-refractivity contribution in [2.45, 2.75) is 44.4 Å². The van der Waals surface area contributed by atoms with Crippen molar-refractivity contribution in [2.75, 3.05) is 46.4 Å². The summed E-state index contributed by atoms with van der Waals surface area (Å²) in [6.45, 7) is 7.80. The maximum absolute atomic E-state index is 12.8. The molecule has 29 heavy (non-hydrogen) atoms. The summed E-state index contributed by atoms with van der Waals surface area (Å²) >= 11 is 0. The predicted octanol–water partition coefficient (Wildman–Crippen LogP) is 2.33. The predicted molar refractivity (Wildman–Crippen MR) is 115 cm³/mol. The van der Waals surface area contributed by atoms with Gasteiger partial charge in [0.2, 0.25) is 15.9 Å². The van der Waals surface area contributed by atoms with Crippen LogP contribution >= 0.6 is 0 Å². The Morgan fingerprint density at radius 3 is 2.17 bits per heavy atom. The lowest BCUT2D eigenvalue weighted by molar-refractivity contribution is -0.125. The third-order valence-electron chi connectivity index (χ3n) is 5.40. The summed E-state index contributed by atoms with van der Waals surface area (Å²) in [6, 6.07) is 6.49. The Kier molecular flexibility index (Phi) is 9.39. The number of hydrogen-bond acceptors (Lipinski definition) is 5. The zero-order chi connectivity index (χ0) is 21.3. The van der Waals surface area contributed by atoms with Crippen LogP contribution in [0.3, 0.4) is 0 Å². The molecule has 1 aromatic carbocycles. The average Bonchev–Trinajstić information content (AvgIpc) is 2.74. The zero-order valence-electron chi connectivity index (χ0n) is 17.9. The normalized spacial score (nSPS) is 16.1. The van der Waals surface area contributed by atoms with Crippen LogP contribution in [0.25, 0.3) is 0 Å². The molecule has 8 heteroatoms. The maximum atomic E-state index is 12.8. The van der Waals surface area contributed by atoms with Crippen molar-refractivity contribution < 1.29 is 17.9 Å². The van der Waals surface area contributed by atoms with E-state index in [4.69, 9.17) is 4.74 Å². The molecule has 1 heterocycles. The van der Waals surface area contributed by atoms with Gasteiger partial charge in [-0.25, -0.2) is 8.42 Å². The number of piperazine rings is 1. The maximum Gasteiger partial charge on any atom is 0.243 e. The first-order chi connectivity index (χ1) is 13.9. The first-order valence-electron chi connectivity index (χ1n) is 10.6. The number of sulfonamides is 1. The van der Waals surface area contributed by atoms with Gasteiger partial charge in [0.1, 0.15) is 5.75 Å². The van der Waals surface area contributed by atoms with Crippen molar-refractivity contribution in [3.05, 3.63) is 24.3 Å². The number of amides is 1. The first-order valence-corrected chi connectivity index (χ1v) is 12.0. The van der Waals surface area contributed by atoms with Gasteiger partial charge in [0.15, 0.2) is 0 Å². The molecular weight excluding hydrogens is 390 g/mol. The van der Waals surface area contributed by atoms with Gasteiger partial charge < -0.3 is 10.1 Å². The van der Waals surface area contributed by atoms with Crippen LogP contribution in [0.15, 0.2) is 29.2 Å². The van der Waals surface area contributed by atoms with Crippen LogP contribution in [0.5, 0.6) is 5.75 Å². The molecule has 1 fully saturated rings. The smallest absolute Gasteiger partial charge is 0.243 e. The minimum atomic E-state index is -3.49. The largest absolute Gasteiger partial charge is 0.497 e. The molecular formula is C21H35N3O4S. The number of nitrogens with zero attached hydrogens (tertiary/aromatic N) is 2. The quantitative estimate of drug-likeness (QED) is 0.589. The second-order valence-electron chi connectivity index (χ2n) is 7.49. The summed E-state index contributed by atoms with van der Waals surface area (Å²) in [7, 11) is -1.93. The molecule has 1 aliphatic heterocycles. The fourth-order valence-electron chi connectivity index (χ4n) is 3.68. The number of rotatable bonds is 11. The SMILES string of the molecule is CCCC(CCC)C(=O)NCCN1CCN(S(=O)(=O)c2ccc(OC)cc2)CC1. The Hall–Kier alpha value is -1.64. The van der Waals surface area contributed by atoms with Crippen LogP contribution in [0, 0.1) is 5.92 Å². The average molecular weight is 426 g/mol. The van der Waals surface area contributed by atoms with Gasteiger partial charge in [-0.1, -0.05) is 26.7 Å². The van der Waals surface area contributed by atoms with Crippen molar-refractivity contribution in [2.24, 2.45) is 5.92 Å². The molecule has 0 unspecified atom stereocenters. The minimum absolute atomic E-state index is 0.108. The van der Waals surface area contributed by atoms with Crippen molar-refractivity contribution in [3.63, 3.8) is 0 Å². The second-order valence-corrected chi connectivity index (χ2v) is 9.42. The molecule has 0 aliphatic carbocycles. The highest BCUT2D eigenvalue weighted by Gasteiger charge is 2.28. The molecule has 0 spiro atoms. The minimum Gasteiger partial charge on any atom is -0.497 e. The topological polar surface area (TPSA) is 79.0 Å². The van der Waals surface area contributed by atoms with E-state index in [0.717, 1.165) is 32.2 Å². The zero-order valence-corrected chi connectivity index (χ0v) is 18.7. The van der Waals surface area contributed by atoms with Crippen LogP contribution in [-0.4, -0.2) is 69.9 Å². The number of hydrogen-bond donors (Lipinski definition) is 1. The standard InChI is InChI=1S/C21H35N3O4S/c1-4-6-18(7-5-2)21(25)22-12-13-23-14-16-24(17-15-23)29(26,27)20-10-8-19(28-3)9-11-20/h8-11,18H,4-7,12-17H2,1-3H3,(H,22,25). The molecule has 7 nitrogen and oxygen atoms in total. The van der Waals surface area contributed by atoms with Crippen molar-refractivity contribution in [3.8, 4) is 5.75 Å². The van der Waals surface area contributed by atoms with E-state index in [1.165, 1.54) is 4.31 Å². The fraction of sp³-hybridized carbons (Fsp3) is 0.667. The summed E-state index contributed by atoms with van der Waals surface area (Å²) < 4.78 is 32.2. The molecule has 164 valence electrons. The Balaban J connectivity index is 1.79. The molecule has 1 N–H and O–H groups in total. The molecule has 0 radical (unpaired) electrons. The summed E-state index contributed by atoms with van der Waals surface area (Å²) in [4.78, 5) is 14.8. The van der Waals surface area contributed by atoms with Gasteiger partial charge in [-0.15, -0.1) is 0 Å². The number of carbonyl (C=O) groups excluding carboxylic acids is 1. The van der Waals surface area contributed by atoms with E-state index in [0.29, 0.717) is 38.5 Å². The van der Waals surface area contributed by atoms with E-state index in [1.54, 1.807) is 31.4 Å². The Labute approximate surface area is 175 Å². The first kappa shape index (κ1) is 23.6. The Morgan fingerprint density at radius 2 is 1.66 bits per heavy atom. The van der Waals surface area contributed by atoms with E-state index in [-0.39, 0.29) is 16.7 Å². The van der Waals surface area contributed by atoms with Crippen LogP contribution in [0.4, 0.5) is 0 Å². The molecule has 0 saturated carbocycles. The van der Waals surface area contributed by atoms with Gasteiger partial charge in [-0.05, 0) is 37.1 Å². The lowest BCUT2D eigenvalue weighted by Gasteiger charge is -2.34. The van der Waals surface area contributed by atoms with Crippen molar-refractivity contribution >= 4 is 15.9 Å². The Bertz CT molecular complexity index is 723. The lowest BCUT2D eigenvalue weighted by atomic mass is 9.97. The fourth-order valence-corrected chi connectivity index (χ4v) is 5.10. The molecule has 1 amide bonds. The van der Waals surface area contributed by atoms with Crippen molar-refractivity contribution in [1.29, 1.82) is 0 Å². The molecule has 0 atom stereocenters. The molecule has 1 aliphatic rings. The second kappa shape index (κ2) is 11.5. The summed E-state index contributed by atoms with van der Waals surface area (Å²) in [5.74, 6) is 0.891. The highest BCUT2D eigenvalue weighted by Crippen LogP contribution is 2.20. The van der Waals surface area contributed by atoms with Crippen LogP contribution in [0.1, 0.15) is 39.5 Å². The van der Waals surface area contributed by atoms with Crippen LogP contribution in [-0.2, 0) is 14.8 Å². The van der Waals surface area contributed by atoms with E-state index in [2.05, 4.69) is 24.1 Å². The highest BCUT2D eigenvalue weighted by molar-refractivity contribution is 7.89. The van der Waals surface area contributed by atoms with Crippen LogP contribution < -0.4 is 10.1 Å². The number of methoxy groups -OCH3 is 1.